The Morgan fingerprint density at radius 3 is 2.59 bits per heavy atom. The van der Waals surface area contributed by atoms with E-state index in [1.807, 2.05) is 0 Å². The Hall–Kier alpha value is -2.73. The van der Waals surface area contributed by atoms with Crippen LogP contribution in [0.4, 0.5) is 4.39 Å². The average molecular weight is 320 g/mol. The molecule has 0 bridgehead atoms. The van der Waals surface area contributed by atoms with E-state index >= 15 is 0 Å². The molecule has 0 saturated carbocycles. The maximum absolute atomic E-state index is 13.2. The molecule has 0 aromatic heterocycles. The van der Waals surface area contributed by atoms with Crippen LogP contribution in [0.2, 0.25) is 5.02 Å². The monoisotopic (exact) mass is 319 g/mol. The average Bonchev–Trinajstić information content (AvgIpc) is 2.51. The number of rotatable bonds is 4. The molecular formula is C15H11ClFN3O2. The topological polar surface area (TPSA) is 74.0 Å². The molecule has 0 unspecified atom stereocenters. The van der Waals surface area contributed by atoms with Crippen molar-refractivity contribution in [2.45, 2.75) is 0 Å². The van der Waals surface area contributed by atoms with Crippen molar-refractivity contribution in [3.63, 3.8) is 0 Å². The zero-order chi connectivity index (χ0) is 15.9. The quantitative estimate of drug-likeness (QED) is 0.516. The van der Waals surface area contributed by atoms with Crippen LogP contribution in [-0.4, -0.2) is 23.0 Å². The minimum Gasteiger partial charge on any atom is -0.411 e. The number of halogens is 2. The van der Waals surface area contributed by atoms with Crippen molar-refractivity contribution in [1.29, 1.82) is 0 Å². The second-order valence-corrected chi connectivity index (χ2v) is 4.64. The predicted octanol–water partition coefficient (Wildman–Crippen LogP) is 3.07. The smallest absolute Gasteiger partial charge is 0.271 e. The fourth-order valence-corrected chi connectivity index (χ4v) is 1.87. The first kappa shape index (κ1) is 15.7. The Kier molecular flexibility index (Phi) is 5.21. The summed E-state index contributed by atoms with van der Waals surface area (Å²) < 4.78 is 13.2. The summed E-state index contributed by atoms with van der Waals surface area (Å²) in [5.41, 5.74) is 3.06. The second kappa shape index (κ2) is 7.33. The first-order valence-corrected chi connectivity index (χ1v) is 6.55. The van der Waals surface area contributed by atoms with Gasteiger partial charge in [-0.1, -0.05) is 35.0 Å². The zero-order valence-electron chi connectivity index (χ0n) is 11.2. The third-order valence-corrected chi connectivity index (χ3v) is 2.90. The van der Waals surface area contributed by atoms with Gasteiger partial charge < -0.3 is 5.21 Å². The Morgan fingerprint density at radius 2 is 1.91 bits per heavy atom. The molecule has 0 heterocycles. The fraction of sp³-hybridized carbons (Fsp3) is 0. The van der Waals surface area contributed by atoms with Crippen LogP contribution < -0.4 is 5.43 Å². The number of carbonyl (C=O) groups excluding carboxylic acids is 1. The number of amides is 1. The van der Waals surface area contributed by atoms with E-state index in [2.05, 4.69) is 15.7 Å². The summed E-state index contributed by atoms with van der Waals surface area (Å²) in [7, 11) is 0. The molecule has 112 valence electrons. The Morgan fingerprint density at radius 1 is 1.18 bits per heavy atom. The van der Waals surface area contributed by atoms with Gasteiger partial charge in [-0.25, -0.2) is 9.82 Å². The third kappa shape index (κ3) is 4.13. The van der Waals surface area contributed by atoms with Crippen molar-refractivity contribution in [1.82, 2.24) is 5.43 Å². The number of carbonyl (C=O) groups is 1. The summed E-state index contributed by atoms with van der Waals surface area (Å²) in [6, 6.07) is 11.8. The van der Waals surface area contributed by atoms with Crippen LogP contribution in [0.25, 0.3) is 0 Å². The minimum atomic E-state index is -0.497. The molecule has 2 aromatic carbocycles. The summed E-state index contributed by atoms with van der Waals surface area (Å²) in [6.45, 7) is 0. The van der Waals surface area contributed by atoms with Crippen LogP contribution in [-0.2, 0) is 0 Å². The van der Waals surface area contributed by atoms with E-state index < -0.39 is 11.7 Å². The number of hydrogen-bond acceptors (Lipinski definition) is 4. The van der Waals surface area contributed by atoms with Gasteiger partial charge >= 0.3 is 0 Å². The van der Waals surface area contributed by atoms with Gasteiger partial charge in [-0.05, 0) is 30.3 Å². The maximum Gasteiger partial charge on any atom is 0.271 e. The molecule has 22 heavy (non-hydrogen) atoms. The van der Waals surface area contributed by atoms with Crippen molar-refractivity contribution >= 4 is 29.4 Å². The highest BCUT2D eigenvalue weighted by atomic mass is 35.5. The van der Waals surface area contributed by atoms with E-state index in [-0.39, 0.29) is 5.71 Å². The van der Waals surface area contributed by atoms with Gasteiger partial charge in [0.1, 0.15) is 11.5 Å². The number of hydrogen-bond donors (Lipinski definition) is 2. The Bertz CT molecular complexity index is 747. The molecule has 2 rings (SSSR count). The first-order chi connectivity index (χ1) is 10.6. The van der Waals surface area contributed by atoms with Crippen molar-refractivity contribution in [2.24, 2.45) is 10.3 Å². The highest BCUT2D eigenvalue weighted by molar-refractivity contribution is 6.38. The van der Waals surface area contributed by atoms with Gasteiger partial charge in [-0.15, -0.1) is 0 Å². The third-order valence-electron chi connectivity index (χ3n) is 2.67. The van der Waals surface area contributed by atoms with E-state index in [0.29, 0.717) is 16.1 Å². The summed E-state index contributed by atoms with van der Waals surface area (Å²) in [4.78, 5) is 11.9. The van der Waals surface area contributed by atoms with E-state index in [9.17, 15) is 9.18 Å². The van der Waals surface area contributed by atoms with Crippen molar-refractivity contribution < 1.29 is 14.4 Å². The summed E-state index contributed by atoms with van der Waals surface area (Å²) in [6.07, 6.45) is 0.993. The lowest BCUT2D eigenvalue weighted by atomic mass is 10.1. The zero-order valence-corrected chi connectivity index (χ0v) is 12.0. The SMILES string of the molecule is O=C(NN=C(C=NO)c1cccc(F)c1)c1cccc(Cl)c1. The Labute approximate surface area is 130 Å². The largest absolute Gasteiger partial charge is 0.411 e. The molecular weight excluding hydrogens is 309 g/mol. The summed E-state index contributed by atoms with van der Waals surface area (Å²) in [5, 5.41) is 15.8. The van der Waals surface area contributed by atoms with Crippen molar-refractivity contribution in [3.8, 4) is 0 Å². The van der Waals surface area contributed by atoms with Crippen LogP contribution in [0.3, 0.4) is 0 Å². The van der Waals surface area contributed by atoms with Gasteiger partial charge in [0, 0.05) is 16.1 Å². The fourth-order valence-electron chi connectivity index (χ4n) is 1.68. The molecule has 0 spiro atoms. The molecule has 7 heteroatoms. The van der Waals surface area contributed by atoms with E-state index in [1.165, 1.54) is 24.3 Å². The molecule has 0 aliphatic rings. The minimum absolute atomic E-state index is 0.0948. The molecule has 0 atom stereocenters. The van der Waals surface area contributed by atoms with Gasteiger partial charge in [-0.3, -0.25) is 4.79 Å². The number of nitrogens with zero attached hydrogens (tertiary/aromatic N) is 2. The number of hydrazone groups is 1. The molecule has 0 aliphatic carbocycles. The summed E-state index contributed by atoms with van der Waals surface area (Å²) in [5.74, 6) is -0.972. The molecule has 0 aliphatic heterocycles. The van der Waals surface area contributed by atoms with Crippen molar-refractivity contribution in [2.75, 3.05) is 0 Å². The van der Waals surface area contributed by atoms with E-state index in [1.54, 1.807) is 24.3 Å². The van der Waals surface area contributed by atoms with Gasteiger partial charge in [0.05, 0.1) is 6.21 Å². The number of nitrogens with one attached hydrogen (secondary N) is 1. The molecule has 2 N–H and O–H groups in total. The standard InChI is InChI=1S/C15H11ClFN3O2/c16-12-5-1-4-11(7-12)15(21)20-19-14(9-18-22)10-3-2-6-13(17)8-10/h1-9,22H,(H,20,21). The van der Waals surface area contributed by atoms with Gasteiger partial charge in [0.25, 0.3) is 5.91 Å². The van der Waals surface area contributed by atoms with Gasteiger partial charge in [0.15, 0.2) is 0 Å². The van der Waals surface area contributed by atoms with Crippen LogP contribution in [0.5, 0.6) is 0 Å². The highest BCUT2D eigenvalue weighted by Gasteiger charge is 2.07. The normalized spacial score (nSPS) is 11.6. The lowest BCUT2D eigenvalue weighted by molar-refractivity contribution is 0.0955. The van der Waals surface area contributed by atoms with Crippen LogP contribution in [0.1, 0.15) is 15.9 Å². The lowest BCUT2D eigenvalue weighted by Gasteiger charge is -2.03. The van der Waals surface area contributed by atoms with Crippen LogP contribution >= 0.6 is 11.6 Å². The van der Waals surface area contributed by atoms with E-state index in [0.717, 1.165) is 6.21 Å². The van der Waals surface area contributed by atoms with Gasteiger partial charge in [-0.2, -0.15) is 5.10 Å². The molecule has 5 nitrogen and oxygen atoms in total. The number of benzene rings is 2. The second-order valence-electron chi connectivity index (χ2n) is 4.20. The number of oxime groups is 1. The van der Waals surface area contributed by atoms with Crippen molar-refractivity contribution in [3.05, 3.63) is 70.5 Å². The maximum atomic E-state index is 13.2. The molecule has 0 saturated heterocycles. The Balaban J connectivity index is 2.22. The molecule has 2 aromatic rings. The van der Waals surface area contributed by atoms with E-state index in [4.69, 9.17) is 16.8 Å². The van der Waals surface area contributed by atoms with Crippen LogP contribution in [0.15, 0.2) is 58.8 Å². The molecule has 0 fully saturated rings. The highest BCUT2D eigenvalue weighted by Crippen LogP contribution is 2.10. The van der Waals surface area contributed by atoms with Gasteiger partial charge in [0.2, 0.25) is 0 Å². The first-order valence-electron chi connectivity index (χ1n) is 6.17. The predicted molar refractivity (Wildman–Crippen MR) is 82.1 cm³/mol. The summed E-state index contributed by atoms with van der Waals surface area (Å²) >= 11 is 5.80. The lowest BCUT2D eigenvalue weighted by Crippen LogP contribution is -2.20. The molecule has 0 radical (unpaired) electrons. The molecule has 1 amide bonds. The van der Waals surface area contributed by atoms with Crippen LogP contribution in [0, 0.1) is 5.82 Å².